The molecule has 1 fully saturated rings. The van der Waals surface area contributed by atoms with Crippen molar-refractivity contribution in [3.63, 3.8) is 0 Å². The van der Waals surface area contributed by atoms with Gasteiger partial charge in [-0.1, -0.05) is 37.1 Å². The van der Waals surface area contributed by atoms with E-state index in [0.717, 1.165) is 5.56 Å². The third-order valence-corrected chi connectivity index (χ3v) is 4.85. The van der Waals surface area contributed by atoms with E-state index >= 15 is 0 Å². The third kappa shape index (κ3) is 3.85. The normalized spacial score (nSPS) is 24.5. The molecule has 5 nitrogen and oxygen atoms in total. The van der Waals surface area contributed by atoms with Crippen LogP contribution in [0.5, 0.6) is 0 Å². The molecular formula is C17H22ClNO4. The molecule has 1 aliphatic heterocycles. The van der Waals surface area contributed by atoms with E-state index in [0.29, 0.717) is 24.4 Å². The van der Waals surface area contributed by atoms with Crippen LogP contribution in [0.1, 0.15) is 31.7 Å². The van der Waals surface area contributed by atoms with E-state index in [2.05, 4.69) is 0 Å². The molecule has 0 radical (unpaired) electrons. The Morgan fingerprint density at radius 1 is 1.35 bits per heavy atom. The summed E-state index contributed by atoms with van der Waals surface area (Å²) in [4.78, 5) is 25.5. The highest BCUT2D eigenvalue weighted by atomic mass is 35.5. The lowest BCUT2D eigenvalue weighted by Crippen LogP contribution is -2.56. The molecule has 0 aliphatic carbocycles. The molecule has 126 valence electrons. The first-order valence-corrected chi connectivity index (χ1v) is 8.20. The van der Waals surface area contributed by atoms with Crippen molar-refractivity contribution in [3.8, 4) is 0 Å². The first-order valence-electron chi connectivity index (χ1n) is 7.82. The molecule has 1 aromatic carbocycles. The molecule has 1 heterocycles. The van der Waals surface area contributed by atoms with Crippen LogP contribution < -0.4 is 0 Å². The molecule has 1 saturated heterocycles. The Morgan fingerprint density at radius 3 is 2.52 bits per heavy atom. The second kappa shape index (κ2) is 7.32. The highest BCUT2D eigenvalue weighted by molar-refractivity contribution is 6.30. The first-order chi connectivity index (χ1) is 10.9. The molecule has 23 heavy (non-hydrogen) atoms. The molecule has 0 saturated carbocycles. The van der Waals surface area contributed by atoms with E-state index in [1.54, 1.807) is 29.2 Å². The van der Waals surface area contributed by atoms with Crippen LogP contribution in [0.15, 0.2) is 24.3 Å². The van der Waals surface area contributed by atoms with Gasteiger partial charge in [0.15, 0.2) is 0 Å². The van der Waals surface area contributed by atoms with Crippen molar-refractivity contribution in [2.24, 2.45) is 5.41 Å². The average Bonchev–Trinajstić information content (AvgIpc) is 2.51. The van der Waals surface area contributed by atoms with E-state index in [4.69, 9.17) is 11.6 Å². The Balaban J connectivity index is 2.02. The number of likely N-dealkylation sites (tertiary alicyclic amines) is 1. The molecule has 0 aromatic heterocycles. The molecule has 2 rings (SSSR count). The van der Waals surface area contributed by atoms with Gasteiger partial charge in [-0.15, -0.1) is 0 Å². The van der Waals surface area contributed by atoms with Gasteiger partial charge in [0.25, 0.3) is 0 Å². The predicted octanol–water partition coefficient (Wildman–Crippen LogP) is 2.35. The Bertz CT molecular complexity index is 574. The van der Waals surface area contributed by atoms with Crippen LogP contribution >= 0.6 is 11.6 Å². The van der Waals surface area contributed by atoms with E-state index < -0.39 is 17.5 Å². The summed E-state index contributed by atoms with van der Waals surface area (Å²) in [5, 5.41) is 20.5. The summed E-state index contributed by atoms with van der Waals surface area (Å²) in [6.07, 6.45) is 0.564. The Hall–Kier alpha value is -1.59. The van der Waals surface area contributed by atoms with E-state index in [9.17, 15) is 19.8 Å². The number of amides is 1. The van der Waals surface area contributed by atoms with Crippen molar-refractivity contribution in [2.75, 3.05) is 13.1 Å². The molecule has 2 atom stereocenters. The van der Waals surface area contributed by atoms with Crippen molar-refractivity contribution in [2.45, 2.75) is 38.7 Å². The fraction of sp³-hybridized carbons (Fsp3) is 0.529. The number of β-amino-alcohol motifs (C(OH)–C–C–N with tert-alkyl or cyclic N) is 1. The van der Waals surface area contributed by atoms with Gasteiger partial charge in [0.05, 0.1) is 17.9 Å². The summed E-state index contributed by atoms with van der Waals surface area (Å²) in [6, 6.07) is 7.04. The molecule has 6 heteroatoms. The second-order valence-electron chi connectivity index (χ2n) is 6.12. The largest absolute Gasteiger partial charge is 0.481 e. The van der Waals surface area contributed by atoms with Crippen LogP contribution in [-0.4, -0.2) is 46.2 Å². The number of benzene rings is 1. The average molecular weight is 340 g/mol. The maximum Gasteiger partial charge on any atom is 0.312 e. The highest BCUT2D eigenvalue weighted by Crippen LogP contribution is 2.37. The van der Waals surface area contributed by atoms with Crippen molar-refractivity contribution >= 4 is 23.5 Å². The predicted molar refractivity (Wildman–Crippen MR) is 87.3 cm³/mol. The molecular weight excluding hydrogens is 318 g/mol. The number of aliphatic hydroxyl groups is 1. The molecule has 1 aliphatic rings. The van der Waals surface area contributed by atoms with Gasteiger partial charge < -0.3 is 15.1 Å². The van der Waals surface area contributed by atoms with Crippen LogP contribution in [0.25, 0.3) is 0 Å². The number of aliphatic carboxylic acids is 1. The van der Waals surface area contributed by atoms with Crippen molar-refractivity contribution in [3.05, 3.63) is 34.9 Å². The number of aliphatic hydroxyl groups excluding tert-OH is 1. The SMILES string of the molecule is CCC[C@]1(C(=O)O)CCN(C(=O)Cc2ccc(Cl)cc2)C[C@@H]1O. The minimum atomic E-state index is -1.13. The number of hydrogen-bond acceptors (Lipinski definition) is 3. The Kier molecular flexibility index (Phi) is 5.65. The van der Waals surface area contributed by atoms with Gasteiger partial charge in [0, 0.05) is 18.1 Å². The van der Waals surface area contributed by atoms with E-state index in [-0.39, 0.29) is 25.3 Å². The number of carboxylic acid groups (broad SMARTS) is 1. The van der Waals surface area contributed by atoms with Crippen molar-refractivity contribution < 1.29 is 19.8 Å². The topological polar surface area (TPSA) is 77.8 Å². The lowest BCUT2D eigenvalue weighted by atomic mass is 9.72. The molecule has 1 aromatic rings. The molecule has 0 spiro atoms. The fourth-order valence-corrected chi connectivity index (χ4v) is 3.31. The zero-order chi connectivity index (χ0) is 17.0. The summed E-state index contributed by atoms with van der Waals surface area (Å²) >= 11 is 5.82. The Labute approximate surface area is 140 Å². The molecule has 1 amide bonds. The first kappa shape index (κ1) is 17.8. The second-order valence-corrected chi connectivity index (χ2v) is 6.56. The van der Waals surface area contributed by atoms with Gasteiger partial charge in [0.2, 0.25) is 5.91 Å². The summed E-state index contributed by atoms with van der Waals surface area (Å²) in [7, 11) is 0. The third-order valence-electron chi connectivity index (χ3n) is 4.60. The summed E-state index contributed by atoms with van der Waals surface area (Å²) in [5.41, 5.74) is -0.288. The molecule has 0 unspecified atom stereocenters. The van der Waals surface area contributed by atoms with Crippen LogP contribution in [-0.2, 0) is 16.0 Å². The maximum atomic E-state index is 12.4. The Morgan fingerprint density at radius 2 is 2.00 bits per heavy atom. The van der Waals surface area contributed by atoms with Gasteiger partial charge in [0.1, 0.15) is 0 Å². The summed E-state index contributed by atoms with van der Waals surface area (Å²) in [6.45, 7) is 2.32. The minimum absolute atomic E-state index is 0.0682. The number of nitrogens with zero attached hydrogens (tertiary/aromatic N) is 1. The van der Waals surface area contributed by atoms with E-state index in [1.165, 1.54) is 0 Å². The maximum absolute atomic E-state index is 12.4. The monoisotopic (exact) mass is 339 g/mol. The van der Waals surface area contributed by atoms with Gasteiger partial charge in [-0.2, -0.15) is 0 Å². The zero-order valence-electron chi connectivity index (χ0n) is 13.2. The van der Waals surface area contributed by atoms with Crippen molar-refractivity contribution in [1.82, 2.24) is 4.90 Å². The van der Waals surface area contributed by atoms with Crippen LogP contribution in [0.3, 0.4) is 0 Å². The lowest BCUT2D eigenvalue weighted by Gasteiger charge is -2.42. The number of halogens is 1. The molecule has 2 N–H and O–H groups in total. The van der Waals surface area contributed by atoms with Gasteiger partial charge in [-0.3, -0.25) is 9.59 Å². The summed E-state index contributed by atoms with van der Waals surface area (Å²) in [5.74, 6) is -1.08. The number of rotatable bonds is 5. The number of carbonyl (C=O) groups is 2. The van der Waals surface area contributed by atoms with E-state index in [1.807, 2.05) is 6.92 Å². The van der Waals surface area contributed by atoms with Gasteiger partial charge >= 0.3 is 5.97 Å². The summed E-state index contributed by atoms with van der Waals surface area (Å²) < 4.78 is 0. The minimum Gasteiger partial charge on any atom is -0.481 e. The molecule has 0 bridgehead atoms. The van der Waals surface area contributed by atoms with Gasteiger partial charge in [-0.25, -0.2) is 0 Å². The fourth-order valence-electron chi connectivity index (χ4n) is 3.19. The standard InChI is InChI=1S/C17H22ClNO4/c1-2-7-17(16(22)23)8-9-19(11-14(17)20)15(21)10-12-3-5-13(18)6-4-12/h3-6,14,20H,2,7-11H2,1H3,(H,22,23)/t14-,17-/m0/s1. The lowest BCUT2D eigenvalue weighted by molar-refractivity contribution is -0.167. The number of carbonyl (C=O) groups excluding carboxylic acids is 1. The van der Waals surface area contributed by atoms with Crippen LogP contribution in [0.2, 0.25) is 5.02 Å². The van der Waals surface area contributed by atoms with Crippen LogP contribution in [0.4, 0.5) is 0 Å². The van der Waals surface area contributed by atoms with Crippen LogP contribution in [0, 0.1) is 5.41 Å². The number of hydrogen-bond donors (Lipinski definition) is 2. The number of carboxylic acids is 1. The highest BCUT2D eigenvalue weighted by Gasteiger charge is 2.48. The van der Waals surface area contributed by atoms with Crippen molar-refractivity contribution in [1.29, 1.82) is 0 Å². The smallest absolute Gasteiger partial charge is 0.312 e. The number of piperidine rings is 1. The quantitative estimate of drug-likeness (QED) is 0.863. The van der Waals surface area contributed by atoms with Gasteiger partial charge in [-0.05, 0) is 30.5 Å². The zero-order valence-corrected chi connectivity index (χ0v) is 13.9.